The molecule has 2 saturated heterocycles. The smallest absolute Gasteiger partial charge is 0.323 e. The molecule has 3 heterocycles. The number of urea groups is 1. The molecule has 3 aliphatic heterocycles. The molecule has 0 unspecified atom stereocenters. The van der Waals surface area contributed by atoms with E-state index in [1.165, 1.54) is 21.6 Å². The first kappa shape index (κ1) is 16.8. The number of nitrogens with one attached hydrogen (secondary N) is 1. The third-order valence-corrected chi connectivity index (χ3v) is 7.17. The lowest BCUT2D eigenvalue weighted by Gasteiger charge is -2.31. The zero-order valence-corrected chi connectivity index (χ0v) is 16.4. The summed E-state index contributed by atoms with van der Waals surface area (Å²) >= 11 is 4.79. The van der Waals surface area contributed by atoms with Gasteiger partial charge in [0.25, 0.3) is 11.8 Å². The molecule has 6 nitrogen and oxygen atoms in total. The minimum Gasteiger partial charge on any atom is -0.323 e. The summed E-state index contributed by atoms with van der Waals surface area (Å²) in [6.07, 6.45) is 0. The average molecular weight is 444 g/mol. The summed E-state index contributed by atoms with van der Waals surface area (Å²) < 4.78 is 0.820. The van der Waals surface area contributed by atoms with Crippen LogP contribution in [0.15, 0.2) is 53.0 Å². The van der Waals surface area contributed by atoms with Crippen molar-refractivity contribution in [3.63, 3.8) is 0 Å². The van der Waals surface area contributed by atoms with Gasteiger partial charge in [-0.15, -0.1) is 11.8 Å². The zero-order chi connectivity index (χ0) is 18.8. The molecule has 0 aromatic heterocycles. The molecule has 136 valence electrons. The van der Waals surface area contributed by atoms with Gasteiger partial charge in [0.1, 0.15) is 6.04 Å². The predicted octanol–water partition coefficient (Wildman–Crippen LogP) is 3.13. The number of benzene rings is 2. The highest BCUT2D eigenvalue weighted by Crippen LogP contribution is 2.56. The van der Waals surface area contributed by atoms with E-state index in [1.807, 2.05) is 48.5 Å². The van der Waals surface area contributed by atoms with E-state index < -0.39 is 16.9 Å². The van der Waals surface area contributed by atoms with E-state index in [0.29, 0.717) is 11.4 Å². The molecule has 2 atom stereocenters. The Morgan fingerprint density at radius 1 is 1.15 bits per heavy atom. The van der Waals surface area contributed by atoms with Crippen molar-refractivity contribution in [2.75, 3.05) is 11.1 Å². The van der Waals surface area contributed by atoms with Gasteiger partial charge in [-0.3, -0.25) is 19.4 Å². The fourth-order valence-electron chi connectivity index (χ4n) is 3.95. The normalized spacial score (nSPS) is 26.0. The third kappa shape index (κ3) is 2.23. The SMILES string of the molecule is O=C1[C@@H]2CS[C@]3(C(=O)Nc4ccc(Br)cc43)N2C(=O)N1Cc1ccccc1. The molecule has 5 rings (SSSR count). The van der Waals surface area contributed by atoms with Crippen LogP contribution in [0.3, 0.4) is 0 Å². The number of fused-ring (bicyclic) bond motifs is 4. The van der Waals surface area contributed by atoms with Crippen LogP contribution in [0.2, 0.25) is 0 Å². The summed E-state index contributed by atoms with van der Waals surface area (Å²) in [6, 6.07) is 13.8. The Hall–Kier alpha value is -2.32. The minimum atomic E-state index is -1.19. The van der Waals surface area contributed by atoms with E-state index in [-0.39, 0.29) is 18.4 Å². The maximum absolute atomic E-state index is 13.2. The van der Waals surface area contributed by atoms with Crippen LogP contribution in [0, 0.1) is 0 Å². The molecule has 2 fully saturated rings. The van der Waals surface area contributed by atoms with Crippen LogP contribution in [-0.4, -0.2) is 39.4 Å². The van der Waals surface area contributed by atoms with E-state index in [2.05, 4.69) is 21.2 Å². The highest BCUT2D eigenvalue weighted by Gasteiger charge is 2.66. The first-order chi connectivity index (χ1) is 13.0. The van der Waals surface area contributed by atoms with Crippen LogP contribution in [-0.2, 0) is 21.0 Å². The number of carbonyl (C=O) groups excluding carboxylic acids is 3. The summed E-state index contributed by atoms with van der Waals surface area (Å²) in [5, 5.41) is 2.87. The van der Waals surface area contributed by atoms with Crippen molar-refractivity contribution in [2.24, 2.45) is 0 Å². The predicted molar refractivity (Wildman–Crippen MR) is 105 cm³/mol. The lowest BCUT2D eigenvalue weighted by molar-refractivity contribution is -0.128. The van der Waals surface area contributed by atoms with Gasteiger partial charge in [0.05, 0.1) is 6.54 Å². The Morgan fingerprint density at radius 2 is 1.93 bits per heavy atom. The summed E-state index contributed by atoms with van der Waals surface area (Å²) in [5.74, 6) is -0.120. The van der Waals surface area contributed by atoms with Crippen molar-refractivity contribution in [3.05, 3.63) is 64.1 Å². The Morgan fingerprint density at radius 3 is 2.70 bits per heavy atom. The van der Waals surface area contributed by atoms with Crippen LogP contribution >= 0.6 is 27.7 Å². The third-order valence-electron chi connectivity index (χ3n) is 5.18. The van der Waals surface area contributed by atoms with Gasteiger partial charge in [0.2, 0.25) is 0 Å². The van der Waals surface area contributed by atoms with Crippen LogP contribution in [0.4, 0.5) is 10.5 Å². The minimum absolute atomic E-state index is 0.208. The fourth-order valence-corrected chi connectivity index (χ4v) is 5.85. The number of amides is 4. The second-order valence-corrected chi connectivity index (χ2v) is 8.81. The largest absolute Gasteiger partial charge is 0.329 e. The molecule has 3 aliphatic rings. The monoisotopic (exact) mass is 443 g/mol. The van der Waals surface area contributed by atoms with Crippen LogP contribution < -0.4 is 5.32 Å². The second-order valence-electron chi connectivity index (χ2n) is 6.68. The van der Waals surface area contributed by atoms with E-state index in [1.54, 1.807) is 0 Å². The van der Waals surface area contributed by atoms with Gasteiger partial charge in [0, 0.05) is 21.5 Å². The van der Waals surface area contributed by atoms with Gasteiger partial charge in [-0.25, -0.2) is 4.79 Å². The molecular weight excluding hydrogens is 430 g/mol. The number of anilines is 1. The lowest BCUT2D eigenvalue weighted by atomic mass is 10.1. The summed E-state index contributed by atoms with van der Waals surface area (Å²) in [5.41, 5.74) is 2.27. The molecule has 1 N–H and O–H groups in total. The first-order valence-corrected chi connectivity index (χ1v) is 10.2. The molecule has 0 radical (unpaired) electrons. The fraction of sp³-hybridized carbons (Fsp3) is 0.211. The van der Waals surface area contributed by atoms with Crippen LogP contribution in [0.5, 0.6) is 0 Å². The number of halogens is 1. The summed E-state index contributed by atoms with van der Waals surface area (Å²) in [7, 11) is 0. The van der Waals surface area contributed by atoms with Crippen molar-refractivity contribution in [3.8, 4) is 0 Å². The number of hydrogen-bond acceptors (Lipinski definition) is 4. The molecule has 0 bridgehead atoms. The molecule has 0 aliphatic carbocycles. The van der Waals surface area contributed by atoms with E-state index in [9.17, 15) is 14.4 Å². The van der Waals surface area contributed by atoms with Gasteiger partial charge in [-0.1, -0.05) is 46.3 Å². The van der Waals surface area contributed by atoms with Gasteiger partial charge in [-0.05, 0) is 23.8 Å². The number of thioether (sulfide) groups is 1. The topological polar surface area (TPSA) is 69.7 Å². The maximum Gasteiger partial charge on any atom is 0.329 e. The van der Waals surface area contributed by atoms with Gasteiger partial charge < -0.3 is 5.32 Å². The Bertz CT molecular complexity index is 999. The van der Waals surface area contributed by atoms with E-state index in [0.717, 1.165) is 15.6 Å². The Kier molecular flexibility index (Phi) is 3.64. The van der Waals surface area contributed by atoms with Crippen molar-refractivity contribution < 1.29 is 14.4 Å². The van der Waals surface area contributed by atoms with Crippen molar-refractivity contribution >= 4 is 51.2 Å². The molecule has 2 aromatic rings. The molecule has 8 heteroatoms. The van der Waals surface area contributed by atoms with E-state index in [4.69, 9.17) is 0 Å². The van der Waals surface area contributed by atoms with Gasteiger partial charge >= 0.3 is 6.03 Å². The number of rotatable bonds is 2. The average Bonchev–Trinajstić information content (AvgIpc) is 3.27. The van der Waals surface area contributed by atoms with Crippen LogP contribution in [0.1, 0.15) is 11.1 Å². The maximum atomic E-state index is 13.2. The number of carbonyl (C=O) groups is 3. The van der Waals surface area contributed by atoms with Gasteiger partial charge in [0.15, 0.2) is 4.87 Å². The second kappa shape index (κ2) is 5.84. The highest BCUT2D eigenvalue weighted by atomic mass is 79.9. The molecular formula is C19H14BrN3O3S. The molecule has 4 amide bonds. The zero-order valence-electron chi connectivity index (χ0n) is 14.0. The van der Waals surface area contributed by atoms with E-state index >= 15 is 0 Å². The quantitative estimate of drug-likeness (QED) is 0.723. The van der Waals surface area contributed by atoms with Crippen LogP contribution in [0.25, 0.3) is 0 Å². The standard InChI is InChI=1S/C19H14BrN3O3S/c20-12-6-7-14-13(8-12)19(17(25)21-14)23-15(10-27-19)16(24)22(18(23)26)9-11-4-2-1-3-5-11/h1-8,15H,9-10H2,(H,21,25)/t15-,19+/m0/s1. The lowest BCUT2D eigenvalue weighted by Crippen LogP contribution is -2.49. The first-order valence-electron chi connectivity index (χ1n) is 8.46. The highest BCUT2D eigenvalue weighted by molar-refractivity contribution is 9.10. The van der Waals surface area contributed by atoms with Gasteiger partial charge in [-0.2, -0.15) is 0 Å². The molecule has 27 heavy (non-hydrogen) atoms. The van der Waals surface area contributed by atoms with Crippen molar-refractivity contribution in [2.45, 2.75) is 17.5 Å². The summed E-state index contributed by atoms with van der Waals surface area (Å²) in [4.78, 5) is 40.7. The number of hydrogen-bond donors (Lipinski definition) is 1. The number of imide groups is 1. The van der Waals surface area contributed by atoms with Crippen molar-refractivity contribution in [1.29, 1.82) is 0 Å². The molecule has 2 aromatic carbocycles. The Labute approximate surface area is 168 Å². The summed E-state index contributed by atoms with van der Waals surface area (Å²) in [6.45, 7) is 0.208. The number of nitrogens with zero attached hydrogens (tertiary/aromatic N) is 2. The molecule has 1 spiro atoms. The molecule has 0 saturated carbocycles. The van der Waals surface area contributed by atoms with Crippen molar-refractivity contribution in [1.82, 2.24) is 9.80 Å². The Balaban J connectivity index is 1.56.